The van der Waals surface area contributed by atoms with E-state index in [1.54, 1.807) is 24.0 Å². The fraction of sp³-hybridized carbons (Fsp3) is 0.375. The Balaban J connectivity index is 1.66. The van der Waals surface area contributed by atoms with Gasteiger partial charge in [0.05, 0.1) is 18.2 Å². The first-order valence-corrected chi connectivity index (χ1v) is 8.13. The summed E-state index contributed by atoms with van der Waals surface area (Å²) in [5.74, 6) is 0.315. The molecule has 0 saturated heterocycles. The van der Waals surface area contributed by atoms with E-state index in [1.807, 2.05) is 13.8 Å². The maximum Gasteiger partial charge on any atom is 0.266 e. The van der Waals surface area contributed by atoms with Gasteiger partial charge in [-0.25, -0.2) is 4.98 Å². The van der Waals surface area contributed by atoms with Crippen molar-refractivity contribution in [3.63, 3.8) is 0 Å². The van der Waals surface area contributed by atoms with Crippen LogP contribution in [0.5, 0.6) is 0 Å². The van der Waals surface area contributed by atoms with Crippen molar-refractivity contribution < 1.29 is 9.32 Å². The van der Waals surface area contributed by atoms with Crippen LogP contribution in [-0.2, 0) is 11.3 Å². The number of hydrogen-bond acceptors (Lipinski definition) is 7. The van der Waals surface area contributed by atoms with Gasteiger partial charge in [0.15, 0.2) is 5.82 Å². The van der Waals surface area contributed by atoms with E-state index in [1.165, 1.54) is 17.1 Å². The van der Waals surface area contributed by atoms with E-state index in [-0.39, 0.29) is 41.9 Å². The summed E-state index contributed by atoms with van der Waals surface area (Å²) in [6.45, 7) is 5.83. The summed E-state index contributed by atoms with van der Waals surface area (Å²) >= 11 is 0. The van der Waals surface area contributed by atoms with Crippen LogP contribution in [-0.4, -0.2) is 35.4 Å². The highest BCUT2D eigenvalue weighted by molar-refractivity contribution is 5.90. The highest BCUT2D eigenvalue weighted by Gasteiger charge is 2.14. The van der Waals surface area contributed by atoms with Crippen molar-refractivity contribution in [2.24, 2.45) is 0 Å². The second kappa shape index (κ2) is 7.30. The Labute approximate surface area is 148 Å². The highest BCUT2D eigenvalue weighted by Crippen LogP contribution is 2.12. The minimum absolute atomic E-state index is 0.111. The zero-order valence-corrected chi connectivity index (χ0v) is 14.7. The SMILES string of the molecule is Cc1noc(-c2cncn(CCC(=O)Nc3cnn(C(C)C)c3)c2=O)n1. The molecule has 1 N–H and O–H groups in total. The molecule has 0 bridgehead atoms. The van der Waals surface area contributed by atoms with Gasteiger partial charge in [-0.1, -0.05) is 5.16 Å². The second-order valence-electron chi connectivity index (χ2n) is 6.05. The molecule has 3 rings (SSSR count). The lowest BCUT2D eigenvalue weighted by Crippen LogP contribution is -2.24. The Morgan fingerprint density at radius 1 is 1.35 bits per heavy atom. The van der Waals surface area contributed by atoms with Crippen LogP contribution in [0, 0.1) is 6.92 Å². The van der Waals surface area contributed by atoms with Crippen molar-refractivity contribution in [3.8, 4) is 11.5 Å². The van der Waals surface area contributed by atoms with Crippen molar-refractivity contribution in [1.82, 2.24) is 29.5 Å². The first-order chi connectivity index (χ1) is 12.4. The molecule has 3 aromatic heterocycles. The van der Waals surface area contributed by atoms with Gasteiger partial charge in [0, 0.05) is 31.4 Å². The molecule has 0 fully saturated rings. The number of amides is 1. The predicted octanol–water partition coefficient (Wildman–Crippen LogP) is 1.41. The number of nitrogens with one attached hydrogen (secondary N) is 1. The number of aryl methyl sites for hydroxylation is 2. The largest absolute Gasteiger partial charge is 0.334 e. The molecule has 10 heteroatoms. The van der Waals surface area contributed by atoms with Crippen LogP contribution in [0.2, 0.25) is 0 Å². The molecule has 10 nitrogen and oxygen atoms in total. The standard InChI is InChI=1S/C16H19N7O3/c1-10(2)23-8-12(6-18-23)20-14(24)4-5-22-9-17-7-13(16(22)25)15-19-11(3)21-26-15/h6-10H,4-5H2,1-3H3,(H,20,24). The van der Waals surface area contributed by atoms with Gasteiger partial charge in [0.2, 0.25) is 5.91 Å². The van der Waals surface area contributed by atoms with Crippen LogP contribution >= 0.6 is 0 Å². The summed E-state index contributed by atoms with van der Waals surface area (Å²) < 4.78 is 8.10. The number of aromatic nitrogens is 6. The van der Waals surface area contributed by atoms with Crippen LogP contribution in [0.1, 0.15) is 32.1 Å². The monoisotopic (exact) mass is 357 g/mol. The third kappa shape index (κ3) is 3.85. The number of nitrogens with zero attached hydrogens (tertiary/aromatic N) is 6. The quantitative estimate of drug-likeness (QED) is 0.708. The Bertz CT molecular complexity index is 970. The van der Waals surface area contributed by atoms with Gasteiger partial charge in [-0.05, 0) is 20.8 Å². The van der Waals surface area contributed by atoms with E-state index < -0.39 is 0 Å². The molecule has 1 amide bonds. The second-order valence-corrected chi connectivity index (χ2v) is 6.05. The third-order valence-corrected chi connectivity index (χ3v) is 3.65. The van der Waals surface area contributed by atoms with E-state index in [4.69, 9.17) is 4.52 Å². The Morgan fingerprint density at radius 2 is 2.15 bits per heavy atom. The normalized spacial score (nSPS) is 11.1. The van der Waals surface area contributed by atoms with Crippen LogP contribution in [0.3, 0.4) is 0 Å². The van der Waals surface area contributed by atoms with Gasteiger partial charge in [-0.3, -0.25) is 18.8 Å². The molecule has 0 radical (unpaired) electrons. The molecule has 0 spiro atoms. The van der Waals surface area contributed by atoms with Gasteiger partial charge in [-0.2, -0.15) is 10.1 Å². The lowest BCUT2D eigenvalue weighted by atomic mass is 10.3. The minimum atomic E-state index is -0.343. The molecule has 136 valence electrons. The average molecular weight is 357 g/mol. The van der Waals surface area contributed by atoms with Crippen molar-refractivity contribution in [1.29, 1.82) is 0 Å². The molecule has 3 aromatic rings. The molecule has 26 heavy (non-hydrogen) atoms. The molecule has 0 atom stereocenters. The molecule has 0 aliphatic heterocycles. The van der Waals surface area contributed by atoms with Crippen molar-refractivity contribution in [3.05, 3.63) is 41.1 Å². The summed E-state index contributed by atoms with van der Waals surface area (Å²) in [7, 11) is 0. The van der Waals surface area contributed by atoms with Gasteiger partial charge in [0.1, 0.15) is 5.56 Å². The number of carbonyl (C=O) groups excluding carboxylic acids is 1. The number of carbonyl (C=O) groups is 1. The molecule has 0 aliphatic rings. The first-order valence-electron chi connectivity index (χ1n) is 8.13. The molecule has 0 unspecified atom stereocenters. The van der Waals surface area contributed by atoms with Crippen molar-refractivity contribution in [2.45, 2.75) is 39.8 Å². The fourth-order valence-electron chi connectivity index (χ4n) is 2.29. The van der Waals surface area contributed by atoms with E-state index in [0.29, 0.717) is 11.5 Å². The smallest absolute Gasteiger partial charge is 0.266 e. The minimum Gasteiger partial charge on any atom is -0.334 e. The third-order valence-electron chi connectivity index (χ3n) is 3.65. The predicted molar refractivity (Wildman–Crippen MR) is 92.4 cm³/mol. The fourth-order valence-corrected chi connectivity index (χ4v) is 2.29. The number of rotatable bonds is 6. The van der Waals surface area contributed by atoms with Gasteiger partial charge < -0.3 is 9.84 Å². The van der Waals surface area contributed by atoms with E-state index in [0.717, 1.165) is 0 Å². The van der Waals surface area contributed by atoms with Gasteiger partial charge >= 0.3 is 0 Å². The van der Waals surface area contributed by atoms with E-state index in [9.17, 15) is 9.59 Å². The Hall–Kier alpha value is -3.30. The summed E-state index contributed by atoms with van der Waals surface area (Å²) in [6, 6.07) is 0.210. The molecular formula is C16H19N7O3. The summed E-state index contributed by atoms with van der Waals surface area (Å²) in [5.41, 5.74) is 0.472. The average Bonchev–Trinajstić information content (AvgIpc) is 3.23. The Kier molecular flexibility index (Phi) is 4.92. The molecule has 3 heterocycles. The molecule has 0 aromatic carbocycles. The van der Waals surface area contributed by atoms with Crippen LogP contribution in [0.25, 0.3) is 11.5 Å². The summed E-state index contributed by atoms with van der Waals surface area (Å²) in [4.78, 5) is 32.6. The zero-order chi connectivity index (χ0) is 18.7. The van der Waals surface area contributed by atoms with Crippen molar-refractivity contribution >= 4 is 11.6 Å². The van der Waals surface area contributed by atoms with Crippen molar-refractivity contribution in [2.75, 3.05) is 5.32 Å². The number of anilines is 1. The van der Waals surface area contributed by atoms with Crippen LogP contribution in [0.15, 0.2) is 34.2 Å². The van der Waals surface area contributed by atoms with Crippen LogP contribution in [0.4, 0.5) is 5.69 Å². The van der Waals surface area contributed by atoms with E-state index >= 15 is 0 Å². The summed E-state index contributed by atoms with van der Waals surface area (Å²) in [6.07, 6.45) is 6.20. The lowest BCUT2D eigenvalue weighted by molar-refractivity contribution is -0.116. The van der Waals surface area contributed by atoms with E-state index in [2.05, 4.69) is 25.5 Å². The maximum absolute atomic E-state index is 12.5. The molecule has 0 aliphatic carbocycles. The maximum atomic E-state index is 12.5. The topological polar surface area (TPSA) is 121 Å². The first kappa shape index (κ1) is 17.5. The van der Waals surface area contributed by atoms with Gasteiger partial charge in [0.25, 0.3) is 11.4 Å². The zero-order valence-electron chi connectivity index (χ0n) is 14.7. The summed E-state index contributed by atoms with van der Waals surface area (Å²) in [5, 5.41) is 10.6. The molecule has 0 saturated carbocycles. The Morgan fingerprint density at radius 3 is 2.81 bits per heavy atom. The number of hydrogen-bond donors (Lipinski definition) is 1. The van der Waals surface area contributed by atoms with Gasteiger partial charge in [-0.15, -0.1) is 0 Å². The highest BCUT2D eigenvalue weighted by atomic mass is 16.5. The molecular weight excluding hydrogens is 338 g/mol. The van der Waals surface area contributed by atoms with Crippen LogP contribution < -0.4 is 10.9 Å². The lowest BCUT2D eigenvalue weighted by Gasteiger charge is -2.06.